The van der Waals surface area contributed by atoms with Crippen molar-refractivity contribution < 1.29 is 17.9 Å². The molecule has 0 fully saturated rings. The quantitative estimate of drug-likeness (QED) is 0.468. The first-order valence-corrected chi connectivity index (χ1v) is 8.62. The van der Waals surface area contributed by atoms with Crippen LogP contribution in [0.4, 0.5) is 8.78 Å². The van der Waals surface area contributed by atoms with Crippen LogP contribution in [0, 0.1) is 11.6 Å². The molecule has 2 aromatic carbocycles. The molecule has 0 saturated heterocycles. The topological polar surface area (TPSA) is 22.4 Å². The Morgan fingerprint density at radius 3 is 2.25 bits per heavy atom. The predicted molar refractivity (Wildman–Crippen MR) is 92.7 cm³/mol. The average molecular weight is 332 g/mol. The van der Waals surface area contributed by atoms with Crippen molar-refractivity contribution in [2.24, 2.45) is 0 Å². The van der Waals surface area contributed by atoms with Gasteiger partial charge in [0.05, 0.1) is 6.61 Å². The molecule has 0 unspecified atom stereocenters. The van der Waals surface area contributed by atoms with E-state index in [4.69, 9.17) is 9.15 Å². The minimum atomic E-state index is -0.561. The molecule has 0 radical (unpaired) electrons. The zero-order valence-corrected chi connectivity index (χ0v) is 14.1. The summed E-state index contributed by atoms with van der Waals surface area (Å²) in [6.45, 7) is 4.56. The molecule has 0 atom stereocenters. The van der Waals surface area contributed by atoms with E-state index in [1.807, 2.05) is 13.0 Å². The van der Waals surface area contributed by atoms with Gasteiger partial charge >= 0.3 is 0 Å². The zero-order chi connectivity index (χ0) is 17.1. The van der Waals surface area contributed by atoms with Crippen molar-refractivity contribution in [3.8, 4) is 5.75 Å². The van der Waals surface area contributed by atoms with Crippen molar-refractivity contribution in [1.82, 2.24) is 0 Å². The Bertz CT molecular complexity index is 852. The van der Waals surface area contributed by atoms with Crippen LogP contribution in [0.3, 0.4) is 0 Å². The number of hydrogen-bond donors (Lipinski definition) is 0. The Kier molecular flexibility index (Phi) is 5.03. The van der Waals surface area contributed by atoms with Crippen LogP contribution in [0.2, 0.25) is 0 Å². The monoisotopic (exact) mass is 332 g/mol. The van der Waals surface area contributed by atoms with Gasteiger partial charge in [-0.05, 0) is 43.0 Å². The molecular formula is C20H22F2O2. The highest BCUT2D eigenvalue weighted by molar-refractivity contribution is 6.05. The lowest BCUT2D eigenvalue weighted by atomic mass is 10.0. The van der Waals surface area contributed by atoms with Gasteiger partial charge in [0, 0.05) is 10.8 Å². The second-order valence-electron chi connectivity index (χ2n) is 6.08. The molecule has 0 saturated carbocycles. The number of halogens is 2. The molecule has 3 rings (SSSR count). The van der Waals surface area contributed by atoms with Crippen molar-refractivity contribution in [1.29, 1.82) is 0 Å². The number of fused-ring (bicyclic) bond motifs is 3. The largest absolute Gasteiger partial charge is 0.490 e. The average Bonchev–Trinajstić information content (AvgIpc) is 2.97. The Balaban J connectivity index is 2.06. The van der Waals surface area contributed by atoms with E-state index in [0.717, 1.165) is 25.7 Å². The van der Waals surface area contributed by atoms with Gasteiger partial charge in [-0.25, -0.2) is 4.39 Å². The van der Waals surface area contributed by atoms with Gasteiger partial charge in [0.1, 0.15) is 0 Å². The SMILES string of the molecule is CCCCOc1ccc2c(oc3c(F)c(CCCC)ccc32)c1F. The lowest BCUT2D eigenvalue weighted by Gasteiger charge is -2.06. The molecule has 0 N–H and O–H groups in total. The first kappa shape index (κ1) is 16.7. The number of ether oxygens (including phenoxy) is 1. The molecule has 0 amide bonds. The molecule has 0 aliphatic heterocycles. The summed E-state index contributed by atoms with van der Waals surface area (Å²) in [5.74, 6) is -0.791. The summed E-state index contributed by atoms with van der Waals surface area (Å²) in [4.78, 5) is 0. The zero-order valence-electron chi connectivity index (χ0n) is 14.1. The number of hydrogen-bond acceptors (Lipinski definition) is 2. The maximum Gasteiger partial charge on any atom is 0.208 e. The van der Waals surface area contributed by atoms with E-state index in [0.29, 0.717) is 29.4 Å². The summed E-state index contributed by atoms with van der Waals surface area (Å²) in [7, 11) is 0. The highest BCUT2D eigenvalue weighted by Crippen LogP contribution is 2.36. The Morgan fingerprint density at radius 1 is 0.875 bits per heavy atom. The Morgan fingerprint density at radius 2 is 1.54 bits per heavy atom. The first-order valence-electron chi connectivity index (χ1n) is 8.62. The molecule has 4 heteroatoms. The van der Waals surface area contributed by atoms with Crippen LogP contribution >= 0.6 is 0 Å². The van der Waals surface area contributed by atoms with Gasteiger partial charge in [0.25, 0.3) is 0 Å². The standard InChI is InChI=1S/C20H22F2O2/c1-3-5-7-13-8-9-14-15-10-11-16(23-12-6-4-2)18(22)20(15)24-19(14)17(13)21/h8-11H,3-7,12H2,1-2H3. The molecular weight excluding hydrogens is 310 g/mol. The number of rotatable bonds is 7. The molecule has 0 spiro atoms. The Labute approximate surface area is 140 Å². The van der Waals surface area contributed by atoms with Crippen LogP contribution in [0.15, 0.2) is 28.7 Å². The second-order valence-corrected chi connectivity index (χ2v) is 6.08. The van der Waals surface area contributed by atoms with Gasteiger partial charge in [-0.15, -0.1) is 0 Å². The van der Waals surface area contributed by atoms with E-state index in [1.165, 1.54) is 0 Å². The smallest absolute Gasteiger partial charge is 0.208 e. The van der Waals surface area contributed by atoms with Gasteiger partial charge in [-0.2, -0.15) is 4.39 Å². The van der Waals surface area contributed by atoms with Crippen molar-refractivity contribution in [2.75, 3.05) is 6.61 Å². The minimum Gasteiger partial charge on any atom is -0.490 e. The van der Waals surface area contributed by atoms with E-state index in [2.05, 4.69) is 6.92 Å². The highest BCUT2D eigenvalue weighted by Gasteiger charge is 2.19. The molecule has 2 nitrogen and oxygen atoms in total. The summed E-state index contributed by atoms with van der Waals surface area (Å²) < 4.78 is 40.3. The van der Waals surface area contributed by atoms with E-state index in [1.54, 1.807) is 18.2 Å². The van der Waals surface area contributed by atoms with Crippen LogP contribution < -0.4 is 4.74 Å². The van der Waals surface area contributed by atoms with Crippen LogP contribution in [-0.4, -0.2) is 6.61 Å². The highest BCUT2D eigenvalue weighted by atomic mass is 19.1. The van der Waals surface area contributed by atoms with E-state index in [-0.39, 0.29) is 22.7 Å². The normalized spacial score (nSPS) is 11.5. The van der Waals surface area contributed by atoms with Crippen LogP contribution in [0.1, 0.15) is 45.1 Å². The van der Waals surface area contributed by atoms with E-state index < -0.39 is 5.82 Å². The number of aryl methyl sites for hydroxylation is 1. The van der Waals surface area contributed by atoms with Crippen LogP contribution in [0.25, 0.3) is 21.9 Å². The number of benzene rings is 2. The molecule has 0 aliphatic carbocycles. The molecule has 24 heavy (non-hydrogen) atoms. The summed E-state index contributed by atoms with van der Waals surface area (Å²) in [6, 6.07) is 6.90. The lowest BCUT2D eigenvalue weighted by Crippen LogP contribution is -1.98. The third kappa shape index (κ3) is 2.97. The molecule has 3 aromatic rings. The number of furan rings is 1. The van der Waals surface area contributed by atoms with Gasteiger partial charge in [0.15, 0.2) is 22.7 Å². The molecule has 1 aromatic heterocycles. The minimum absolute atomic E-state index is 0.0607. The molecule has 1 heterocycles. The van der Waals surface area contributed by atoms with Gasteiger partial charge in [-0.3, -0.25) is 0 Å². The molecule has 0 aliphatic rings. The fraction of sp³-hybridized carbons (Fsp3) is 0.400. The summed E-state index contributed by atoms with van der Waals surface area (Å²) in [5.41, 5.74) is 0.803. The lowest BCUT2D eigenvalue weighted by molar-refractivity contribution is 0.294. The van der Waals surface area contributed by atoms with Crippen molar-refractivity contribution in [2.45, 2.75) is 46.0 Å². The molecule has 128 valence electrons. The maximum atomic E-state index is 14.7. The van der Waals surface area contributed by atoms with Gasteiger partial charge in [-0.1, -0.05) is 32.8 Å². The van der Waals surface area contributed by atoms with E-state index in [9.17, 15) is 8.78 Å². The number of unbranched alkanes of at least 4 members (excludes halogenated alkanes) is 2. The summed E-state index contributed by atoms with van der Waals surface area (Å²) in [6.07, 6.45) is 4.38. The van der Waals surface area contributed by atoms with Crippen LogP contribution in [-0.2, 0) is 6.42 Å². The second kappa shape index (κ2) is 7.20. The molecule has 0 bridgehead atoms. The van der Waals surface area contributed by atoms with Gasteiger partial charge < -0.3 is 9.15 Å². The van der Waals surface area contributed by atoms with Crippen molar-refractivity contribution in [3.05, 3.63) is 41.5 Å². The Hall–Kier alpha value is -2.10. The van der Waals surface area contributed by atoms with Crippen LogP contribution in [0.5, 0.6) is 5.75 Å². The summed E-state index contributed by atoms with van der Waals surface area (Å²) >= 11 is 0. The third-order valence-electron chi connectivity index (χ3n) is 4.29. The van der Waals surface area contributed by atoms with Gasteiger partial charge in [0.2, 0.25) is 5.82 Å². The maximum absolute atomic E-state index is 14.7. The third-order valence-corrected chi connectivity index (χ3v) is 4.29. The predicted octanol–water partition coefficient (Wildman–Crippen LogP) is 6.39. The fourth-order valence-electron chi connectivity index (χ4n) is 2.86. The van der Waals surface area contributed by atoms with Crippen molar-refractivity contribution >= 4 is 21.9 Å². The van der Waals surface area contributed by atoms with Crippen molar-refractivity contribution in [3.63, 3.8) is 0 Å². The van der Waals surface area contributed by atoms with E-state index >= 15 is 0 Å². The fourth-order valence-corrected chi connectivity index (χ4v) is 2.86. The first-order chi connectivity index (χ1) is 11.7. The summed E-state index contributed by atoms with van der Waals surface area (Å²) in [5, 5.41) is 1.17.